The van der Waals surface area contributed by atoms with E-state index < -0.39 is 11.9 Å². The maximum atomic E-state index is 11.0. The molecule has 25 heavy (non-hydrogen) atoms. The molecule has 7 nitrogen and oxygen atoms in total. The van der Waals surface area contributed by atoms with Crippen molar-refractivity contribution in [1.29, 1.82) is 0 Å². The summed E-state index contributed by atoms with van der Waals surface area (Å²) in [6.45, 7) is 3.11. The van der Waals surface area contributed by atoms with E-state index in [1.807, 2.05) is 11.0 Å². The fourth-order valence-corrected chi connectivity index (χ4v) is 2.34. The zero-order valence-corrected chi connectivity index (χ0v) is 14.1. The Bertz CT molecular complexity index is 674. The lowest BCUT2D eigenvalue weighted by molar-refractivity contribution is -0.138. The van der Waals surface area contributed by atoms with E-state index in [0.717, 1.165) is 11.3 Å². The molecule has 0 saturated heterocycles. The van der Waals surface area contributed by atoms with Crippen molar-refractivity contribution in [3.63, 3.8) is 0 Å². The van der Waals surface area contributed by atoms with Crippen molar-refractivity contribution in [3.8, 4) is 5.75 Å². The fourth-order valence-electron chi connectivity index (χ4n) is 2.34. The molecule has 7 heteroatoms. The highest BCUT2D eigenvalue weighted by Gasteiger charge is 2.13. The van der Waals surface area contributed by atoms with Crippen molar-refractivity contribution in [2.45, 2.75) is 12.8 Å². The summed E-state index contributed by atoms with van der Waals surface area (Å²) in [5.41, 5.74) is 7.18. The molecular weight excluding hydrogens is 322 g/mol. The van der Waals surface area contributed by atoms with Gasteiger partial charge in [-0.05, 0) is 36.8 Å². The van der Waals surface area contributed by atoms with Crippen LogP contribution in [0.4, 0.5) is 11.5 Å². The molecule has 4 N–H and O–H groups in total. The number of ether oxygens (including phenoxy) is 1. The van der Waals surface area contributed by atoms with E-state index in [4.69, 9.17) is 15.6 Å². The summed E-state index contributed by atoms with van der Waals surface area (Å²) in [4.78, 5) is 17.0. The minimum Gasteiger partial charge on any atom is -0.492 e. The maximum absolute atomic E-state index is 11.0. The van der Waals surface area contributed by atoms with E-state index in [0.29, 0.717) is 31.3 Å². The number of hydrogen-bond acceptors (Lipinski definition) is 6. The number of rotatable bonds is 9. The third-order valence-corrected chi connectivity index (χ3v) is 3.89. The van der Waals surface area contributed by atoms with Crippen LogP contribution in [-0.4, -0.2) is 47.5 Å². The molecule has 0 aliphatic heterocycles. The first kappa shape index (κ1) is 18.5. The Morgan fingerprint density at radius 3 is 2.52 bits per heavy atom. The number of hydrogen-bond donors (Lipinski definition) is 3. The number of aromatic nitrogens is 1. The number of nitrogens with two attached hydrogens (primary N) is 1. The van der Waals surface area contributed by atoms with Gasteiger partial charge in [-0.25, -0.2) is 4.98 Å². The van der Waals surface area contributed by atoms with E-state index in [2.05, 4.69) is 4.98 Å². The number of carboxylic acids is 1. The Morgan fingerprint density at radius 1 is 1.24 bits per heavy atom. The lowest BCUT2D eigenvalue weighted by atomic mass is 10.0. The topological polar surface area (TPSA) is 109 Å². The number of pyridine rings is 1. The average molecular weight is 345 g/mol. The first-order valence-corrected chi connectivity index (χ1v) is 8.04. The highest BCUT2D eigenvalue weighted by Crippen LogP contribution is 2.20. The van der Waals surface area contributed by atoms with Gasteiger partial charge in [0.05, 0.1) is 31.0 Å². The highest BCUT2D eigenvalue weighted by molar-refractivity contribution is 5.75. The van der Waals surface area contributed by atoms with E-state index in [9.17, 15) is 9.90 Å². The Labute approximate surface area is 146 Å². The van der Waals surface area contributed by atoms with Crippen LogP contribution in [0.25, 0.3) is 0 Å². The van der Waals surface area contributed by atoms with Crippen LogP contribution in [0.1, 0.15) is 18.4 Å². The van der Waals surface area contributed by atoms with Gasteiger partial charge in [-0.3, -0.25) is 4.79 Å². The smallest absolute Gasteiger partial charge is 0.310 e. The molecule has 0 bridgehead atoms. The molecule has 0 fully saturated rings. The molecule has 1 aromatic heterocycles. The molecule has 0 aliphatic carbocycles. The first-order chi connectivity index (χ1) is 12.0. The van der Waals surface area contributed by atoms with Crippen molar-refractivity contribution in [2.24, 2.45) is 0 Å². The number of aliphatic carboxylic acids is 1. The standard InChI is InChI=1S/C18H23N3O4/c1-13(18(23)24)14-2-5-16(6-3-14)25-11-9-21(8-10-22)15-4-7-17(19)20-12-15/h2-7,12-13,22H,8-11H2,1H3,(H2,19,20)(H,23,24)/t13-/m1/s1. The molecule has 2 rings (SSSR count). The van der Waals surface area contributed by atoms with Crippen LogP contribution in [0.15, 0.2) is 42.6 Å². The molecule has 1 atom stereocenters. The number of nitrogen functional groups attached to an aromatic ring is 1. The van der Waals surface area contributed by atoms with Crippen molar-refractivity contribution in [2.75, 3.05) is 36.9 Å². The minimum atomic E-state index is -0.856. The van der Waals surface area contributed by atoms with Crippen LogP contribution in [-0.2, 0) is 4.79 Å². The van der Waals surface area contributed by atoms with E-state index in [1.165, 1.54) is 0 Å². The van der Waals surface area contributed by atoms with Gasteiger partial charge in [0, 0.05) is 6.54 Å². The van der Waals surface area contributed by atoms with Crippen LogP contribution in [0.2, 0.25) is 0 Å². The van der Waals surface area contributed by atoms with Gasteiger partial charge in [0.2, 0.25) is 0 Å². The molecule has 2 aromatic rings. The van der Waals surface area contributed by atoms with Gasteiger partial charge >= 0.3 is 5.97 Å². The normalized spacial score (nSPS) is 11.8. The Morgan fingerprint density at radius 2 is 1.96 bits per heavy atom. The monoisotopic (exact) mass is 345 g/mol. The largest absolute Gasteiger partial charge is 0.492 e. The summed E-state index contributed by atoms with van der Waals surface area (Å²) in [5.74, 6) is -0.294. The molecular formula is C18H23N3O4. The third kappa shape index (κ3) is 5.36. The summed E-state index contributed by atoms with van der Waals surface area (Å²) in [6, 6.07) is 10.6. The third-order valence-electron chi connectivity index (χ3n) is 3.89. The number of nitrogens with zero attached hydrogens (tertiary/aromatic N) is 2. The van der Waals surface area contributed by atoms with Gasteiger partial charge in [-0.2, -0.15) is 0 Å². The molecule has 1 heterocycles. The SMILES string of the molecule is C[C@@H](C(=O)O)c1ccc(OCCN(CCO)c2ccc(N)nc2)cc1. The van der Waals surface area contributed by atoms with Gasteiger partial charge in [-0.1, -0.05) is 12.1 Å². The lowest BCUT2D eigenvalue weighted by Crippen LogP contribution is -2.31. The molecule has 0 amide bonds. The molecule has 0 radical (unpaired) electrons. The average Bonchev–Trinajstić information content (AvgIpc) is 2.61. The summed E-state index contributed by atoms with van der Waals surface area (Å²) in [5, 5.41) is 18.2. The van der Waals surface area contributed by atoms with E-state index in [1.54, 1.807) is 43.5 Å². The number of benzene rings is 1. The first-order valence-electron chi connectivity index (χ1n) is 8.04. The van der Waals surface area contributed by atoms with Crippen LogP contribution in [0.3, 0.4) is 0 Å². The van der Waals surface area contributed by atoms with Crippen LogP contribution >= 0.6 is 0 Å². The predicted molar refractivity (Wildman–Crippen MR) is 95.9 cm³/mol. The molecule has 0 aliphatic rings. The number of aliphatic hydroxyl groups is 1. The minimum absolute atomic E-state index is 0.0200. The second kappa shape index (κ2) is 8.89. The van der Waals surface area contributed by atoms with E-state index in [-0.39, 0.29) is 6.61 Å². The lowest BCUT2D eigenvalue weighted by Gasteiger charge is -2.23. The number of aliphatic hydroxyl groups excluding tert-OH is 1. The van der Waals surface area contributed by atoms with Crippen molar-refractivity contribution >= 4 is 17.5 Å². The summed E-state index contributed by atoms with van der Waals surface area (Å²) >= 11 is 0. The van der Waals surface area contributed by atoms with E-state index >= 15 is 0 Å². The van der Waals surface area contributed by atoms with Crippen LogP contribution in [0, 0.1) is 0 Å². The number of carboxylic acid groups (broad SMARTS) is 1. The molecule has 0 unspecified atom stereocenters. The fraction of sp³-hybridized carbons (Fsp3) is 0.333. The van der Waals surface area contributed by atoms with Gasteiger partial charge in [0.25, 0.3) is 0 Å². The Kier molecular flexibility index (Phi) is 6.59. The molecule has 1 aromatic carbocycles. The number of carbonyl (C=O) groups is 1. The highest BCUT2D eigenvalue weighted by atomic mass is 16.5. The van der Waals surface area contributed by atoms with Crippen molar-refractivity contribution in [1.82, 2.24) is 4.98 Å². The molecule has 0 spiro atoms. The molecule has 134 valence electrons. The van der Waals surface area contributed by atoms with Crippen molar-refractivity contribution < 1.29 is 19.7 Å². The zero-order chi connectivity index (χ0) is 18.2. The quantitative estimate of drug-likeness (QED) is 0.635. The summed E-state index contributed by atoms with van der Waals surface area (Å²) in [6.07, 6.45) is 1.66. The maximum Gasteiger partial charge on any atom is 0.310 e. The van der Waals surface area contributed by atoms with Crippen LogP contribution < -0.4 is 15.4 Å². The second-order valence-electron chi connectivity index (χ2n) is 5.63. The zero-order valence-electron chi connectivity index (χ0n) is 14.1. The van der Waals surface area contributed by atoms with Crippen molar-refractivity contribution in [3.05, 3.63) is 48.2 Å². The van der Waals surface area contributed by atoms with Crippen LogP contribution in [0.5, 0.6) is 5.75 Å². The summed E-state index contributed by atoms with van der Waals surface area (Å²) < 4.78 is 5.71. The number of anilines is 2. The molecule has 0 saturated carbocycles. The summed E-state index contributed by atoms with van der Waals surface area (Å²) in [7, 11) is 0. The Balaban J connectivity index is 1.91. The Hall–Kier alpha value is -2.80. The van der Waals surface area contributed by atoms with Gasteiger partial charge in [0.1, 0.15) is 18.2 Å². The van der Waals surface area contributed by atoms with Gasteiger partial charge < -0.3 is 25.6 Å². The van der Waals surface area contributed by atoms with Gasteiger partial charge in [0.15, 0.2) is 0 Å². The predicted octanol–water partition coefficient (Wildman–Crippen LogP) is 1.73. The van der Waals surface area contributed by atoms with Gasteiger partial charge in [-0.15, -0.1) is 0 Å². The second-order valence-corrected chi connectivity index (χ2v) is 5.63.